The van der Waals surface area contributed by atoms with Crippen molar-refractivity contribution >= 4 is 15.9 Å². The standard InChI is InChI=1S/C8H18N4O2S/c1-15(13,14)12-6-4-11(5-7-12)3-2-8(9)10/h2-7H2,1H3,(H3,9,10). The molecule has 1 aliphatic rings. The molecule has 0 atom stereocenters. The maximum Gasteiger partial charge on any atom is 0.211 e. The van der Waals surface area contributed by atoms with Crippen molar-refractivity contribution in [1.82, 2.24) is 9.21 Å². The van der Waals surface area contributed by atoms with Crippen LogP contribution in [0.2, 0.25) is 0 Å². The summed E-state index contributed by atoms with van der Waals surface area (Å²) in [5.74, 6) is 0.181. The predicted molar refractivity (Wildman–Crippen MR) is 59.4 cm³/mol. The van der Waals surface area contributed by atoms with Gasteiger partial charge in [-0.1, -0.05) is 0 Å². The zero-order chi connectivity index (χ0) is 11.5. The van der Waals surface area contributed by atoms with Crippen LogP contribution in [0, 0.1) is 5.41 Å². The lowest BCUT2D eigenvalue weighted by atomic mass is 10.3. The molecule has 0 aromatic rings. The molecule has 0 aromatic heterocycles. The number of nitrogens with zero attached hydrogens (tertiary/aromatic N) is 2. The van der Waals surface area contributed by atoms with Crippen molar-refractivity contribution in [2.75, 3.05) is 39.0 Å². The molecule has 15 heavy (non-hydrogen) atoms. The van der Waals surface area contributed by atoms with Crippen molar-refractivity contribution in [2.24, 2.45) is 5.73 Å². The molecule has 1 heterocycles. The van der Waals surface area contributed by atoms with E-state index in [4.69, 9.17) is 11.1 Å². The summed E-state index contributed by atoms with van der Waals surface area (Å²) in [4.78, 5) is 2.13. The Hall–Kier alpha value is -0.660. The summed E-state index contributed by atoms with van der Waals surface area (Å²) < 4.78 is 23.9. The van der Waals surface area contributed by atoms with E-state index in [9.17, 15) is 8.42 Å². The number of piperazine rings is 1. The molecular formula is C8H18N4O2S. The minimum absolute atomic E-state index is 0.181. The zero-order valence-electron chi connectivity index (χ0n) is 8.94. The van der Waals surface area contributed by atoms with Crippen LogP contribution < -0.4 is 5.73 Å². The molecule has 0 amide bonds. The number of nitrogens with one attached hydrogen (secondary N) is 1. The quantitative estimate of drug-likeness (QED) is 0.477. The largest absolute Gasteiger partial charge is 0.388 e. The van der Waals surface area contributed by atoms with Crippen LogP contribution in [0.15, 0.2) is 0 Å². The van der Waals surface area contributed by atoms with Crippen molar-refractivity contribution in [2.45, 2.75) is 6.42 Å². The lowest BCUT2D eigenvalue weighted by Gasteiger charge is -2.33. The molecule has 0 unspecified atom stereocenters. The Morgan fingerprint density at radius 1 is 1.33 bits per heavy atom. The van der Waals surface area contributed by atoms with Crippen LogP contribution in [0.4, 0.5) is 0 Å². The van der Waals surface area contributed by atoms with Crippen LogP contribution in [-0.4, -0.2) is 62.4 Å². The first-order chi connectivity index (χ1) is 6.89. The Labute approximate surface area is 90.6 Å². The Bertz CT molecular complexity index is 320. The number of sulfonamides is 1. The van der Waals surface area contributed by atoms with E-state index in [0.29, 0.717) is 19.5 Å². The molecule has 7 heteroatoms. The Balaban J connectivity index is 2.33. The van der Waals surface area contributed by atoms with Gasteiger partial charge in [0.1, 0.15) is 0 Å². The van der Waals surface area contributed by atoms with Crippen molar-refractivity contribution < 1.29 is 8.42 Å². The van der Waals surface area contributed by atoms with Gasteiger partial charge in [-0.3, -0.25) is 5.41 Å². The lowest BCUT2D eigenvalue weighted by molar-refractivity contribution is 0.193. The Kier molecular flexibility index (Phi) is 4.06. The van der Waals surface area contributed by atoms with Gasteiger partial charge in [0.15, 0.2) is 0 Å². The average Bonchev–Trinajstić information content (AvgIpc) is 2.14. The fourth-order valence-electron chi connectivity index (χ4n) is 1.56. The van der Waals surface area contributed by atoms with Crippen molar-refractivity contribution in [3.8, 4) is 0 Å². The molecule has 1 aliphatic heterocycles. The summed E-state index contributed by atoms with van der Waals surface area (Å²) in [7, 11) is -3.04. The second-order valence-corrected chi connectivity index (χ2v) is 5.76. The van der Waals surface area contributed by atoms with Crippen LogP contribution >= 0.6 is 0 Å². The third-order valence-corrected chi connectivity index (χ3v) is 3.80. The molecular weight excluding hydrogens is 216 g/mol. The smallest absolute Gasteiger partial charge is 0.211 e. The molecule has 0 saturated carbocycles. The lowest BCUT2D eigenvalue weighted by Crippen LogP contribution is -2.48. The molecule has 0 spiro atoms. The predicted octanol–water partition coefficient (Wildman–Crippen LogP) is -1.11. The van der Waals surface area contributed by atoms with Crippen LogP contribution in [-0.2, 0) is 10.0 Å². The van der Waals surface area contributed by atoms with E-state index in [0.717, 1.165) is 19.6 Å². The molecule has 1 rings (SSSR count). The average molecular weight is 234 g/mol. The third-order valence-electron chi connectivity index (χ3n) is 2.50. The Morgan fingerprint density at radius 3 is 2.27 bits per heavy atom. The van der Waals surface area contributed by atoms with Crippen LogP contribution in [0.3, 0.4) is 0 Å². The SMILES string of the molecule is CS(=O)(=O)N1CCN(CCC(=N)N)CC1. The minimum Gasteiger partial charge on any atom is -0.388 e. The summed E-state index contributed by atoms with van der Waals surface area (Å²) >= 11 is 0. The van der Waals surface area contributed by atoms with E-state index in [1.807, 2.05) is 0 Å². The molecule has 6 nitrogen and oxygen atoms in total. The topological polar surface area (TPSA) is 90.5 Å². The van der Waals surface area contributed by atoms with Gasteiger partial charge in [0.25, 0.3) is 0 Å². The first kappa shape index (κ1) is 12.4. The van der Waals surface area contributed by atoms with Gasteiger partial charge in [-0.2, -0.15) is 4.31 Å². The van der Waals surface area contributed by atoms with Gasteiger partial charge in [-0.15, -0.1) is 0 Å². The maximum absolute atomic E-state index is 11.2. The minimum atomic E-state index is -3.04. The van der Waals surface area contributed by atoms with Gasteiger partial charge in [0.05, 0.1) is 12.1 Å². The molecule has 1 fully saturated rings. The number of nitrogens with two attached hydrogens (primary N) is 1. The summed E-state index contributed by atoms with van der Waals surface area (Å²) in [6.45, 7) is 3.26. The van der Waals surface area contributed by atoms with Gasteiger partial charge in [-0.05, 0) is 0 Å². The third kappa shape index (κ3) is 4.15. The molecule has 0 bridgehead atoms. The molecule has 1 saturated heterocycles. The fourth-order valence-corrected chi connectivity index (χ4v) is 2.39. The van der Waals surface area contributed by atoms with E-state index in [1.165, 1.54) is 10.6 Å². The van der Waals surface area contributed by atoms with Crippen molar-refractivity contribution in [3.63, 3.8) is 0 Å². The first-order valence-electron chi connectivity index (χ1n) is 4.90. The van der Waals surface area contributed by atoms with Crippen LogP contribution in [0.5, 0.6) is 0 Å². The van der Waals surface area contributed by atoms with E-state index in [2.05, 4.69) is 4.90 Å². The second kappa shape index (κ2) is 4.91. The monoisotopic (exact) mass is 234 g/mol. The fraction of sp³-hybridized carbons (Fsp3) is 0.875. The van der Waals surface area contributed by atoms with Gasteiger partial charge in [-0.25, -0.2) is 8.42 Å². The van der Waals surface area contributed by atoms with Gasteiger partial charge < -0.3 is 10.6 Å². The highest BCUT2D eigenvalue weighted by atomic mass is 32.2. The highest BCUT2D eigenvalue weighted by molar-refractivity contribution is 7.88. The van der Waals surface area contributed by atoms with Crippen molar-refractivity contribution in [3.05, 3.63) is 0 Å². The number of hydrogen-bond acceptors (Lipinski definition) is 4. The summed E-state index contributed by atoms with van der Waals surface area (Å²) in [6, 6.07) is 0. The summed E-state index contributed by atoms with van der Waals surface area (Å²) in [6.07, 6.45) is 1.79. The summed E-state index contributed by atoms with van der Waals surface area (Å²) in [5.41, 5.74) is 5.26. The molecule has 0 aromatic carbocycles. The molecule has 3 N–H and O–H groups in total. The number of hydrogen-bond donors (Lipinski definition) is 2. The molecule has 0 aliphatic carbocycles. The molecule has 88 valence electrons. The summed E-state index contributed by atoms with van der Waals surface area (Å²) in [5, 5.41) is 7.10. The van der Waals surface area contributed by atoms with E-state index in [1.54, 1.807) is 0 Å². The molecule has 0 radical (unpaired) electrons. The van der Waals surface area contributed by atoms with Gasteiger partial charge in [0, 0.05) is 39.1 Å². The van der Waals surface area contributed by atoms with Crippen LogP contribution in [0.25, 0.3) is 0 Å². The van der Waals surface area contributed by atoms with Crippen LogP contribution in [0.1, 0.15) is 6.42 Å². The maximum atomic E-state index is 11.2. The number of amidine groups is 1. The Morgan fingerprint density at radius 2 is 1.87 bits per heavy atom. The highest BCUT2D eigenvalue weighted by Gasteiger charge is 2.22. The number of rotatable bonds is 4. The highest BCUT2D eigenvalue weighted by Crippen LogP contribution is 2.05. The van der Waals surface area contributed by atoms with E-state index >= 15 is 0 Å². The van der Waals surface area contributed by atoms with Crippen molar-refractivity contribution in [1.29, 1.82) is 5.41 Å². The first-order valence-corrected chi connectivity index (χ1v) is 6.75. The van der Waals surface area contributed by atoms with E-state index < -0.39 is 10.0 Å². The van der Waals surface area contributed by atoms with E-state index in [-0.39, 0.29) is 5.84 Å². The van der Waals surface area contributed by atoms with Gasteiger partial charge >= 0.3 is 0 Å². The van der Waals surface area contributed by atoms with Gasteiger partial charge in [0.2, 0.25) is 10.0 Å². The normalized spacial score (nSPS) is 20.3. The zero-order valence-corrected chi connectivity index (χ0v) is 9.76. The second-order valence-electron chi connectivity index (χ2n) is 3.78.